The predicted molar refractivity (Wildman–Crippen MR) is 86.7 cm³/mol. The zero-order valence-corrected chi connectivity index (χ0v) is 14.3. The number of aromatic nitrogens is 2. The lowest BCUT2D eigenvalue weighted by Gasteiger charge is -2.24. The summed E-state index contributed by atoms with van der Waals surface area (Å²) in [5, 5.41) is 20.7. The van der Waals surface area contributed by atoms with E-state index in [0.717, 1.165) is 24.1 Å². The number of likely N-dealkylation sites (N-methyl/N-ethyl adjacent to an activating group) is 1. The van der Waals surface area contributed by atoms with E-state index in [1.165, 1.54) is 0 Å². The Balaban J connectivity index is 3.06. The number of anilines is 1. The third kappa shape index (κ3) is 4.42. The number of hydrogen-bond donors (Lipinski definition) is 1. The number of carbonyl (C=O) groups is 1. The van der Waals surface area contributed by atoms with E-state index in [4.69, 9.17) is 0 Å². The van der Waals surface area contributed by atoms with Crippen LogP contribution in [0.1, 0.15) is 51.4 Å². The highest BCUT2D eigenvalue weighted by atomic mass is 16.2. The highest BCUT2D eigenvalue weighted by molar-refractivity contribution is 5.82. The van der Waals surface area contributed by atoms with E-state index in [1.807, 2.05) is 34.6 Å². The molecule has 0 aliphatic carbocycles. The highest BCUT2D eigenvalue weighted by Crippen LogP contribution is 2.22. The Morgan fingerprint density at radius 1 is 1.27 bits per heavy atom. The monoisotopic (exact) mass is 303 g/mol. The lowest BCUT2D eigenvalue weighted by atomic mass is 10.0. The van der Waals surface area contributed by atoms with Crippen LogP contribution in [0.5, 0.6) is 0 Å². The van der Waals surface area contributed by atoms with Gasteiger partial charge in [0.15, 0.2) is 5.82 Å². The minimum Gasteiger partial charge on any atom is -0.350 e. The molecule has 0 aliphatic rings. The predicted octanol–water partition coefficient (Wildman–Crippen LogP) is 1.82. The lowest BCUT2D eigenvalue weighted by Crippen LogP contribution is -2.45. The van der Waals surface area contributed by atoms with Crippen molar-refractivity contribution >= 4 is 11.7 Å². The molecule has 22 heavy (non-hydrogen) atoms. The van der Waals surface area contributed by atoms with E-state index in [-0.39, 0.29) is 18.0 Å². The molecule has 1 aromatic rings. The van der Waals surface area contributed by atoms with Crippen molar-refractivity contribution in [3.8, 4) is 6.07 Å². The summed E-state index contributed by atoms with van der Waals surface area (Å²) in [5.74, 6) is 0.346. The highest BCUT2D eigenvalue weighted by Gasteiger charge is 2.20. The van der Waals surface area contributed by atoms with Gasteiger partial charge in [0.25, 0.3) is 0 Å². The summed E-state index contributed by atoms with van der Waals surface area (Å²) in [6.45, 7) is 9.90. The van der Waals surface area contributed by atoms with E-state index in [1.54, 1.807) is 11.9 Å². The molecular weight excluding hydrogens is 278 g/mol. The maximum atomic E-state index is 12.0. The van der Waals surface area contributed by atoms with Gasteiger partial charge in [-0.2, -0.15) is 10.4 Å². The van der Waals surface area contributed by atoms with E-state index >= 15 is 0 Å². The number of amides is 1. The lowest BCUT2D eigenvalue weighted by molar-refractivity contribution is -0.121. The first kappa shape index (κ1) is 17.9. The molecule has 0 aromatic carbocycles. The summed E-state index contributed by atoms with van der Waals surface area (Å²) in [4.78, 5) is 13.7. The molecule has 0 radical (unpaired) electrons. The molecule has 6 nitrogen and oxygen atoms in total. The Kier molecular flexibility index (Phi) is 5.86. The molecule has 1 amide bonds. The molecule has 1 heterocycles. The largest absolute Gasteiger partial charge is 0.350 e. The second-order valence-electron chi connectivity index (χ2n) is 6.30. The van der Waals surface area contributed by atoms with Gasteiger partial charge in [0.2, 0.25) is 5.91 Å². The van der Waals surface area contributed by atoms with Crippen molar-refractivity contribution in [2.24, 2.45) is 0 Å². The first-order valence-corrected chi connectivity index (χ1v) is 7.54. The van der Waals surface area contributed by atoms with Crippen LogP contribution in [0.2, 0.25) is 0 Å². The van der Waals surface area contributed by atoms with Gasteiger partial charge in [0.05, 0.1) is 12.2 Å². The summed E-state index contributed by atoms with van der Waals surface area (Å²) in [7, 11) is 1.75. The van der Waals surface area contributed by atoms with E-state index in [2.05, 4.69) is 21.6 Å². The fourth-order valence-electron chi connectivity index (χ4n) is 2.30. The fourth-order valence-corrected chi connectivity index (χ4v) is 2.30. The van der Waals surface area contributed by atoms with Crippen LogP contribution in [0, 0.1) is 11.3 Å². The van der Waals surface area contributed by atoms with E-state index in [0.29, 0.717) is 11.4 Å². The summed E-state index contributed by atoms with van der Waals surface area (Å²) in [5.41, 5.74) is 1.98. The zero-order chi connectivity index (χ0) is 16.9. The average Bonchev–Trinajstić information content (AvgIpc) is 2.42. The van der Waals surface area contributed by atoms with Gasteiger partial charge >= 0.3 is 0 Å². The smallest absolute Gasteiger partial charge is 0.239 e. The van der Waals surface area contributed by atoms with Crippen LogP contribution >= 0.6 is 0 Å². The van der Waals surface area contributed by atoms with Gasteiger partial charge in [-0.15, -0.1) is 5.10 Å². The molecular formula is C16H25N5O. The van der Waals surface area contributed by atoms with E-state index in [9.17, 15) is 10.1 Å². The van der Waals surface area contributed by atoms with Crippen molar-refractivity contribution in [1.82, 2.24) is 15.5 Å². The van der Waals surface area contributed by atoms with Gasteiger partial charge in [0, 0.05) is 12.6 Å². The Labute approximate surface area is 132 Å². The van der Waals surface area contributed by atoms with E-state index < -0.39 is 0 Å². The van der Waals surface area contributed by atoms with Crippen molar-refractivity contribution in [1.29, 1.82) is 5.26 Å². The Morgan fingerprint density at radius 2 is 1.91 bits per heavy atom. The summed E-state index contributed by atoms with van der Waals surface area (Å²) < 4.78 is 0. The molecule has 0 spiro atoms. The molecule has 6 heteroatoms. The topological polar surface area (TPSA) is 81.9 Å². The second-order valence-corrected chi connectivity index (χ2v) is 6.30. The number of carbonyl (C=O) groups excluding carboxylic acids is 1. The molecule has 0 bridgehead atoms. The Hall–Kier alpha value is -2.16. The number of aryl methyl sites for hydroxylation is 1. The summed E-state index contributed by atoms with van der Waals surface area (Å²) in [6, 6.07) is 2.22. The van der Waals surface area contributed by atoms with Crippen LogP contribution in [0.15, 0.2) is 0 Å². The fraction of sp³-hybridized carbons (Fsp3) is 0.625. The van der Waals surface area contributed by atoms with Crippen LogP contribution in [-0.4, -0.2) is 35.2 Å². The third-order valence-electron chi connectivity index (χ3n) is 3.20. The van der Waals surface area contributed by atoms with Gasteiger partial charge in [-0.3, -0.25) is 4.79 Å². The first-order chi connectivity index (χ1) is 10.2. The molecule has 1 rings (SSSR count). The van der Waals surface area contributed by atoms with Crippen LogP contribution in [0.3, 0.4) is 0 Å². The number of hydrogen-bond acceptors (Lipinski definition) is 5. The molecule has 0 unspecified atom stereocenters. The van der Waals surface area contributed by atoms with Crippen molar-refractivity contribution < 1.29 is 4.79 Å². The van der Waals surface area contributed by atoms with Crippen LogP contribution in [0.25, 0.3) is 0 Å². The molecule has 0 saturated carbocycles. The molecule has 120 valence electrons. The molecule has 1 aromatic heterocycles. The average molecular weight is 303 g/mol. The summed E-state index contributed by atoms with van der Waals surface area (Å²) in [6.07, 6.45) is 1.45. The van der Waals surface area contributed by atoms with Gasteiger partial charge in [-0.05, 0) is 39.2 Å². The van der Waals surface area contributed by atoms with Crippen LogP contribution in [-0.2, 0) is 17.6 Å². The molecule has 0 fully saturated rings. The van der Waals surface area contributed by atoms with Crippen LogP contribution in [0.4, 0.5) is 5.82 Å². The molecule has 0 aliphatic heterocycles. The molecule has 1 N–H and O–H groups in total. The normalized spacial score (nSPS) is 11.0. The zero-order valence-electron chi connectivity index (χ0n) is 14.3. The minimum absolute atomic E-state index is 0.113. The van der Waals surface area contributed by atoms with Crippen molar-refractivity contribution in [2.45, 2.75) is 53.0 Å². The molecule has 0 atom stereocenters. The van der Waals surface area contributed by atoms with Gasteiger partial charge in [-0.1, -0.05) is 13.8 Å². The quantitative estimate of drug-likeness (QED) is 0.897. The van der Waals surface area contributed by atoms with Gasteiger partial charge in [0.1, 0.15) is 11.6 Å². The molecule has 0 saturated heterocycles. The second kappa shape index (κ2) is 7.21. The number of nitrogens with one attached hydrogen (secondary N) is 1. The van der Waals surface area contributed by atoms with Gasteiger partial charge in [-0.25, -0.2) is 0 Å². The van der Waals surface area contributed by atoms with Gasteiger partial charge < -0.3 is 10.2 Å². The summed E-state index contributed by atoms with van der Waals surface area (Å²) >= 11 is 0. The Morgan fingerprint density at radius 3 is 2.36 bits per heavy atom. The number of nitrogens with zero attached hydrogens (tertiary/aromatic N) is 4. The number of rotatable bonds is 5. The number of nitriles is 1. The first-order valence-electron chi connectivity index (χ1n) is 7.54. The minimum atomic E-state index is -0.289. The third-order valence-corrected chi connectivity index (χ3v) is 3.20. The van der Waals surface area contributed by atoms with Crippen molar-refractivity contribution in [2.75, 3.05) is 18.5 Å². The standard InChI is InChI=1S/C16H25N5O/c1-7-11-12(9-17)15(20-19-13(11)8-2)21(6)10-14(22)18-16(3,4)5/h7-8,10H2,1-6H3,(H,18,22). The Bertz CT molecular complexity index is 583. The maximum Gasteiger partial charge on any atom is 0.239 e. The van der Waals surface area contributed by atoms with Crippen LogP contribution < -0.4 is 10.2 Å². The van der Waals surface area contributed by atoms with Crippen molar-refractivity contribution in [3.05, 3.63) is 16.8 Å². The SMILES string of the molecule is CCc1nnc(N(C)CC(=O)NC(C)(C)C)c(C#N)c1CC. The van der Waals surface area contributed by atoms with Crippen molar-refractivity contribution in [3.63, 3.8) is 0 Å². The maximum absolute atomic E-state index is 12.0.